The highest BCUT2D eigenvalue weighted by molar-refractivity contribution is 7.89. The predicted octanol–water partition coefficient (Wildman–Crippen LogP) is 3.20. The van der Waals surface area contributed by atoms with Gasteiger partial charge in [0, 0.05) is 24.2 Å². The van der Waals surface area contributed by atoms with Crippen molar-refractivity contribution in [1.82, 2.24) is 9.29 Å². The van der Waals surface area contributed by atoms with Gasteiger partial charge in [-0.05, 0) is 19.1 Å². The number of nitrogens with two attached hydrogens (primary N) is 1. The van der Waals surface area contributed by atoms with E-state index in [1.165, 1.54) is 4.31 Å². The second-order valence-electron chi connectivity index (χ2n) is 6.87. The van der Waals surface area contributed by atoms with Crippen LogP contribution in [0.4, 0.5) is 0 Å². The Bertz CT molecular complexity index is 1010. The van der Waals surface area contributed by atoms with Crippen molar-refractivity contribution < 1.29 is 18.2 Å². The first-order chi connectivity index (χ1) is 14.0. The molecule has 0 spiro atoms. The van der Waals surface area contributed by atoms with Crippen LogP contribution in [0, 0.1) is 0 Å². The van der Waals surface area contributed by atoms with Crippen LogP contribution >= 0.6 is 0 Å². The molecule has 0 saturated heterocycles. The van der Waals surface area contributed by atoms with Crippen LogP contribution in [-0.2, 0) is 16.6 Å². The summed E-state index contributed by atoms with van der Waals surface area (Å²) in [7, 11) is -3.42. The van der Waals surface area contributed by atoms with Gasteiger partial charge in [0.1, 0.15) is 6.04 Å². The zero-order valence-electron chi connectivity index (χ0n) is 17.1. The Kier molecular flexibility index (Phi) is 6.84. The largest absolute Gasteiger partial charge is 0.435 e. The van der Waals surface area contributed by atoms with E-state index in [0.717, 1.165) is 16.9 Å². The van der Waals surface area contributed by atoms with E-state index in [1.807, 2.05) is 56.3 Å². The Morgan fingerprint density at radius 2 is 1.69 bits per heavy atom. The fraction of sp³-hybridized carbons (Fsp3) is 0.318. The molecule has 1 aromatic heterocycles. The molecule has 2 aromatic carbocycles. The van der Waals surface area contributed by atoms with E-state index < -0.39 is 10.0 Å². The molecular formula is C22H28N3O3S+. The molecule has 7 heteroatoms. The molecule has 154 valence electrons. The fourth-order valence-corrected chi connectivity index (χ4v) is 4.67. The van der Waals surface area contributed by atoms with E-state index in [4.69, 9.17) is 4.42 Å². The summed E-state index contributed by atoms with van der Waals surface area (Å²) < 4.78 is 32.5. The Balaban J connectivity index is 1.63. The fourth-order valence-electron chi connectivity index (χ4n) is 3.21. The molecule has 0 aliphatic rings. The van der Waals surface area contributed by atoms with E-state index in [1.54, 1.807) is 18.3 Å². The lowest BCUT2D eigenvalue weighted by molar-refractivity contribution is -0.709. The van der Waals surface area contributed by atoms with Gasteiger partial charge in [0.15, 0.2) is 12.3 Å². The van der Waals surface area contributed by atoms with Crippen molar-refractivity contribution in [2.75, 3.05) is 13.1 Å². The zero-order chi connectivity index (χ0) is 20.9. The monoisotopic (exact) mass is 414 g/mol. The first-order valence-electron chi connectivity index (χ1n) is 9.89. The third kappa shape index (κ3) is 4.93. The molecule has 1 heterocycles. The van der Waals surface area contributed by atoms with E-state index in [2.05, 4.69) is 17.2 Å². The zero-order valence-corrected chi connectivity index (χ0v) is 17.9. The number of hydrogen-bond donors (Lipinski definition) is 1. The van der Waals surface area contributed by atoms with E-state index in [-0.39, 0.29) is 6.04 Å². The van der Waals surface area contributed by atoms with E-state index in [9.17, 15) is 8.42 Å². The normalized spacial score (nSPS) is 13.0. The van der Waals surface area contributed by atoms with E-state index in [0.29, 0.717) is 30.4 Å². The van der Waals surface area contributed by atoms with Gasteiger partial charge < -0.3 is 9.73 Å². The number of benzene rings is 2. The van der Waals surface area contributed by atoms with Gasteiger partial charge in [-0.1, -0.05) is 56.3 Å². The highest BCUT2D eigenvalue weighted by Crippen LogP contribution is 2.20. The van der Waals surface area contributed by atoms with Crippen LogP contribution in [0.2, 0.25) is 0 Å². The molecule has 1 atom stereocenters. The summed E-state index contributed by atoms with van der Waals surface area (Å²) in [6.45, 7) is 7.30. The van der Waals surface area contributed by atoms with Gasteiger partial charge in [-0.3, -0.25) is 0 Å². The molecule has 0 aliphatic carbocycles. The predicted molar refractivity (Wildman–Crippen MR) is 113 cm³/mol. The molecule has 6 nitrogen and oxygen atoms in total. The Morgan fingerprint density at radius 3 is 2.31 bits per heavy atom. The summed E-state index contributed by atoms with van der Waals surface area (Å²) in [5.41, 5.74) is 2.06. The number of rotatable bonds is 9. The molecule has 29 heavy (non-hydrogen) atoms. The summed E-state index contributed by atoms with van der Waals surface area (Å²) >= 11 is 0. The van der Waals surface area contributed by atoms with Crippen molar-refractivity contribution in [2.24, 2.45) is 0 Å². The Labute approximate surface area is 172 Å². The van der Waals surface area contributed by atoms with Crippen LogP contribution in [0.15, 0.2) is 70.1 Å². The quantitative estimate of drug-likeness (QED) is 0.583. The van der Waals surface area contributed by atoms with Crippen molar-refractivity contribution in [3.05, 3.63) is 72.2 Å². The standard InChI is InChI=1S/C22H27N3O3S/c1-4-25(5-2)29(26,27)20-13-11-18(12-14-20)17(3)23-16-22-24-15-21(28-22)19-9-7-6-8-10-19/h6-15,17,23H,4-5,16H2,1-3H3/p+1/t17-/m0/s1. The van der Waals surface area contributed by atoms with Gasteiger partial charge in [0.25, 0.3) is 5.89 Å². The van der Waals surface area contributed by atoms with Crippen molar-refractivity contribution in [1.29, 1.82) is 0 Å². The van der Waals surface area contributed by atoms with Gasteiger partial charge in [-0.25, -0.2) is 13.4 Å². The van der Waals surface area contributed by atoms with Crippen molar-refractivity contribution in [2.45, 2.75) is 38.3 Å². The first-order valence-corrected chi connectivity index (χ1v) is 11.3. The average molecular weight is 415 g/mol. The third-order valence-electron chi connectivity index (χ3n) is 5.01. The SMILES string of the molecule is CCN(CC)S(=O)(=O)c1ccc([C@H](C)[NH2+]Cc2ncc(-c3ccccc3)o2)cc1. The number of quaternary nitrogens is 1. The summed E-state index contributed by atoms with van der Waals surface area (Å²) in [5.74, 6) is 1.42. The second-order valence-corrected chi connectivity index (χ2v) is 8.81. The van der Waals surface area contributed by atoms with E-state index >= 15 is 0 Å². The highest BCUT2D eigenvalue weighted by Gasteiger charge is 2.22. The van der Waals surface area contributed by atoms with Crippen LogP contribution in [0.3, 0.4) is 0 Å². The van der Waals surface area contributed by atoms with Crippen LogP contribution in [-0.4, -0.2) is 30.8 Å². The van der Waals surface area contributed by atoms with Crippen LogP contribution in [0.5, 0.6) is 0 Å². The van der Waals surface area contributed by atoms with Gasteiger partial charge in [0.2, 0.25) is 10.0 Å². The molecular weight excluding hydrogens is 386 g/mol. The highest BCUT2D eigenvalue weighted by atomic mass is 32.2. The molecule has 0 unspecified atom stereocenters. The molecule has 0 saturated carbocycles. The van der Waals surface area contributed by atoms with Crippen LogP contribution in [0.1, 0.15) is 38.3 Å². The minimum Gasteiger partial charge on any atom is -0.435 e. The number of sulfonamides is 1. The van der Waals surface area contributed by atoms with Gasteiger partial charge in [-0.15, -0.1) is 0 Å². The Morgan fingerprint density at radius 1 is 1.03 bits per heavy atom. The minimum absolute atomic E-state index is 0.146. The summed E-state index contributed by atoms with van der Waals surface area (Å²) in [5, 5.41) is 2.12. The summed E-state index contributed by atoms with van der Waals surface area (Å²) in [6.07, 6.45) is 1.75. The summed E-state index contributed by atoms with van der Waals surface area (Å²) in [4.78, 5) is 4.69. The molecule has 0 amide bonds. The lowest BCUT2D eigenvalue weighted by atomic mass is 10.1. The lowest BCUT2D eigenvalue weighted by Gasteiger charge is -2.18. The maximum atomic E-state index is 12.6. The molecule has 0 bridgehead atoms. The van der Waals surface area contributed by atoms with Crippen molar-refractivity contribution in [3.63, 3.8) is 0 Å². The molecule has 3 rings (SSSR count). The topological polar surface area (TPSA) is 80.0 Å². The molecule has 2 N–H and O–H groups in total. The second kappa shape index (κ2) is 9.35. The van der Waals surface area contributed by atoms with Gasteiger partial charge in [0.05, 0.1) is 11.1 Å². The molecule has 0 aliphatic heterocycles. The lowest BCUT2D eigenvalue weighted by Crippen LogP contribution is -2.83. The average Bonchev–Trinajstić information content (AvgIpc) is 3.22. The van der Waals surface area contributed by atoms with Crippen LogP contribution < -0.4 is 5.32 Å². The number of hydrogen-bond acceptors (Lipinski definition) is 4. The van der Waals surface area contributed by atoms with Crippen molar-refractivity contribution in [3.8, 4) is 11.3 Å². The van der Waals surface area contributed by atoms with Gasteiger partial charge >= 0.3 is 0 Å². The van der Waals surface area contributed by atoms with Gasteiger partial charge in [-0.2, -0.15) is 4.31 Å². The third-order valence-corrected chi connectivity index (χ3v) is 7.07. The summed E-state index contributed by atoms with van der Waals surface area (Å²) in [6, 6.07) is 17.2. The maximum absolute atomic E-state index is 12.6. The maximum Gasteiger partial charge on any atom is 0.250 e. The van der Waals surface area contributed by atoms with Crippen LogP contribution in [0.25, 0.3) is 11.3 Å². The Hall–Kier alpha value is -2.48. The number of oxazole rings is 1. The minimum atomic E-state index is -3.42. The van der Waals surface area contributed by atoms with Crippen molar-refractivity contribution >= 4 is 10.0 Å². The molecule has 0 radical (unpaired) electrons. The first kappa shape index (κ1) is 21.2. The number of nitrogens with zero attached hydrogens (tertiary/aromatic N) is 2. The molecule has 0 fully saturated rings. The smallest absolute Gasteiger partial charge is 0.250 e. The molecule has 3 aromatic rings. The number of aromatic nitrogens is 1.